The number of nitrogens with one attached hydrogen (secondary N) is 1. The molecule has 2 atom stereocenters. The van der Waals surface area contributed by atoms with Crippen LogP contribution in [0.5, 0.6) is 11.5 Å². The molecule has 108 valence electrons. The van der Waals surface area contributed by atoms with Crippen molar-refractivity contribution in [2.45, 2.75) is 13.3 Å². The van der Waals surface area contributed by atoms with Gasteiger partial charge in [0.05, 0.1) is 25.9 Å². The number of carboxylic acid groups (broad SMARTS) is 1. The summed E-state index contributed by atoms with van der Waals surface area (Å²) in [6.07, 6.45) is 0.819. The summed E-state index contributed by atoms with van der Waals surface area (Å²) < 4.78 is 10.1. The lowest BCUT2D eigenvalue weighted by Crippen LogP contribution is -2.25. The summed E-state index contributed by atoms with van der Waals surface area (Å²) >= 11 is 0. The average molecular weight is 278 g/mol. The molecule has 6 nitrogen and oxygen atoms in total. The fraction of sp³-hybridized carbons (Fsp3) is 0.429. The topological polar surface area (TPSA) is 87.7 Å². The van der Waals surface area contributed by atoms with Gasteiger partial charge in [0.25, 0.3) is 0 Å². The van der Waals surface area contributed by atoms with Crippen LogP contribution in [0.15, 0.2) is 12.1 Å². The minimum Gasteiger partial charge on any atom is -0.545 e. The smallest absolute Gasteiger partial charge is 0.227 e. The number of carbonyl (C=O) groups excluding carboxylic acids is 2. The number of anilines is 1. The number of hydrogen-bond donors (Lipinski definition) is 1. The molecule has 1 aromatic carbocycles. The lowest BCUT2D eigenvalue weighted by molar-refractivity contribution is -0.254. The zero-order chi connectivity index (χ0) is 14.9. The van der Waals surface area contributed by atoms with Crippen LogP contribution in [0.1, 0.15) is 23.7 Å². The monoisotopic (exact) mass is 278 g/mol. The minimum absolute atomic E-state index is 0.0577. The maximum absolute atomic E-state index is 11.9. The lowest BCUT2D eigenvalue weighted by Gasteiger charge is -2.16. The summed E-state index contributed by atoms with van der Waals surface area (Å²) in [4.78, 5) is 23.1. The molecular formula is C14H16NO5-. The molecule has 1 aromatic rings. The predicted octanol–water partition coefficient (Wildman–Crippen LogP) is 0.662. The van der Waals surface area contributed by atoms with Gasteiger partial charge in [-0.15, -0.1) is 0 Å². The summed E-state index contributed by atoms with van der Waals surface area (Å²) in [5, 5.41) is 13.8. The Kier molecular flexibility index (Phi) is 3.83. The van der Waals surface area contributed by atoms with E-state index in [1.807, 2.05) is 6.92 Å². The van der Waals surface area contributed by atoms with Crippen molar-refractivity contribution in [3.63, 3.8) is 0 Å². The first-order chi connectivity index (χ1) is 9.47. The number of methoxy groups -OCH3 is 2. The summed E-state index contributed by atoms with van der Waals surface area (Å²) in [6, 6.07) is 2.70. The van der Waals surface area contributed by atoms with Gasteiger partial charge in [0.2, 0.25) is 5.91 Å². The predicted molar refractivity (Wildman–Crippen MR) is 69.8 cm³/mol. The van der Waals surface area contributed by atoms with E-state index in [-0.39, 0.29) is 28.8 Å². The van der Waals surface area contributed by atoms with Gasteiger partial charge in [-0.25, -0.2) is 0 Å². The quantitative estimate of drug-likeness (QED) is 0.855. The van der Waals surface area contributed by atoms with Crippen LogP contribution in [0.4, 0.5) is 5.69 Å². The van der Waals surface area contributed by atoms with Gasteiger partial charge in [-0.1, -0.05) is 6.92 Å². The molecule has 0 saturated heterocycles. The molecule has 0 bridgehead atoms. The number of benzene rings is 1. The van der Waals surface area contributed by atoms with Crippen molar-refractivity contribution in [3.05, 3.63) is 17.7 Å². The number of carbonyl (C=O) groups is 2. The summed E-state index contributed by atoms with van der Waals surface area (Å²) in [5.74, 6) is -0.683. The standard InChI is InChI=1S/C14H17NO5/c1-7-4-8(7)13(16)15-10-6-12(20-3)11(19-2)5-9(10)14(17)18/h5-8H,4H2,1-3H3,(H,15,16)(H,17,18)/p-1/t7-,8-/m0/s1. The van der Waals surface area contributed by atoms with Crippen LogP contribution in [-0.2, 0) is 4.79 Å². The highest BCUT2D eigenvalue weighted by Gasteiger charge is 2.39. The van der Waals surface area contributed by atoms with Crippen molar-refractivity contribution in [1.82, 2.24) is 0 Å². The van der Waals surface area contributed by atoms with E-state index in [4.69, 9.17) is 9.47 Å². The first kappa shape index (κ1) is 14.2. The van der Waals surface area contributed by atoms with Gasteiger partial charge in [-0.3, -0.25) is 4.79 Å². The molecule has 0 spiro atoms. The van der Waals surface area contributed by atoms with Gasteiger partial charge in [0.1, 0.15) is 0 Å². The Hall–Kier alpha value is -2.24. The van der Waals surface area contributed by atoms with Gasteiger partial charge < -0.3 is 24.7 Å². The molecule has 1 N–H and O–H groups in total. The second kappa shape index (κ2) is 5.40. The van der Waals surface area contributed by atoms with Crippen LogP contribution in [0, 0.1) is 11.8 Å². The van der Waals surface area contributed by atoms with E-state index in [1.54, 1.807) is 0 Å². The Labute approximate surface area is 116 Å². The first-order valence-electron chi connectivity index (χ1n) is 6.26. The number of aromatic carboxylic acids is 1. The molecule has 20 heavy (non-hydrogen) atoms. The maximum Gasteiger partial charge on any atom is 0.227 e. The number of hydrogen-bond acceptors (Lipinski definition) is 5. The van der Waals surface area contributed by atoms with Gasteiger partial charge in [0.15, 0.2) is 11.5 Å². The highest BCUT2D eigenvalue weighted by atomic mass is 16.5. The highest BCUT2D eigenvalue weighted by Crippen LogP contribution is 2.39. The molecule has 6 heteroatoms. The third-order valence-electron chi connectivity index (χ3n) is 3.45. The number of carboxylic acids is 1. The maximum atomic E-state index is 11.9. The van der Waals surface area contributed by atoms with Crippen LogP contribution in [0.3, 0.4) is 0 Å². The van der Waals surface area contributed by atoms with Gasteiger partial charge in [-0.2, -0.15) is 0 Å². The molecule has 1 aliphatic carbocycles. The van der Waals surface area contributed by atoms with E-state index in [0.29, 0.717) is 11.7 Å². The molecule has 0 heterocycles. The van der Waals surface area contributed by atoms with Crippen molar-refractivity contribution in [2.75, 3.05) is 19.5 Å². The van der Waals surface area contributed by atoms with E-state index in [0.717, 1.165) is 6.42 Å². The minimum atomic E-state index is -1.38. The average Bonchev–Trinajstić information content (AvgIpc) is 3.15. The van der Waals surface area contributed by atoms with Crippen LogP contribution < -0.4 is 19.9 Å². The molecule has 2 rings (SSSR count). The molecule has 1 aliphatic rings. The molecule has 0 aromatic heterocycles. The molecule has 1 saturated carbocycles. The Morgan fingerprint density at radius 1 is 1.25 bits per heavy atom. The van der Waals surface area contributed by atoms with Crippen molar-refractivity contribution < 1.29 is 24.2 Å². The Balaban J connectivity index is 2.34. The summed E-state index contributed by atoms with van der Waals surface area (Å²) in [6.45, 7) is 1.97. The number of ether oxygens (including phenoxy) is 2. The summed E-state index contributed by atoms with van der Waals surface area (Å²) in [5.41, 5.74) is 0.0241. The van der Waals surface area contributed by atoms with Crippen LogP contribution >= 0.6 is 0 Å². The molecule has 0 unspecified atom stereocenters. The van der Waals surface area contributed by atoms with E-state index in [2.05, 4.69) is 5.32 Å². The largest absolute Gasteiger partial charge is 0.545 e. The van der Waals surface area contributed by atoms with Crippen molar-refractivity contribution >= 4 is 17.6 Å². The van der Waals surface area contributed by atoms with E-state index in [9.17, 15) is 14.7 Å². The molecule has 0 aliphatic heterocycles. The second-order valence-corrected chi connectivity index (χ2v) is 4.85. The summed E-state index contributed by atoms with van der Waals surface area (Å²) in [7, 11) is 2.84. The lowest BCUT2D eigenvalue weighted by atomic mass is 10.1. The fourth-order valence-electron chi connectivity index (χ4n) is 2.06. The molecule has 1 amide bonds. The Morgan fingerprint density at radius 2 is 1.80 bits per heavy atom. The zero-order valence-electron chi connectivity index (χ0n) is 11.6. The Morgan fingerprint density at radius 3 is 2.25 bits per heavy atom. The molecule has 0 radical (unpaired) electrons. The highest BCUT2D eigenvalue weighted by molar-refractivity contribution is 6.02. The van der Waals surface area contributed by atoms with E-state index < -0.39 is 5.97 Å². The fourth-order valence-corrected chi connectivity index (χ4v) is 2.06. The van der Waals surface area contributed by atoms with Crippen LogP contribution in [0.25, 0.3) is 0 Å². The third-order valence-corrected chi connectivity index (χ3v) is 3.45. The first-order valence-corrected chi connectivity index (χ1v) is 6.26. The molecule has 1 fully saturated rings. The normalized spacial score (nSPS) is 20.1. The number of amides is 1. The van der Waals surface area contributed by atoms with Crippen LogP contribution in [-0.4, -0.2) is 26.1 Å². The van der Waals surface area contributed by atoms with Crippen molar-refractivity contribution in [3.8, 4) is 11.5 Å². The SMILES string of the molecule is COc1cc(NC(=O)[C@H]2C[C@@H]2C)c(C(=O)[O-])cc1OC. The second-order valence-electron chi connectivity index (χ2n) is 4.85. The van der Waals surface area contributed by atoms with E-state index in [1.165, 1.54) is 26.4 Å². The Bertz CT molecular complexity index is 555. The van der Waals surface area contributed by atoms with Gasteiger partial charge >= 0.3 is 0 Å². The van der Waals surface area contributed by atoms with E-state index >= 15 is 0 Å². The van der Waals surface area contributed by atoms with Crippen molar-refractivity contribution in [1.29, 1.82) is 0 Å². The van der Waals surface area contributed by atoms with Crippen molar-refractivity contribution in [2.24, 2.45) is 11.8 Å². The zero-order valence-corrected chi connectivity index (χ0v) is 11.6. The van der Waals surface area contributed by atoms with Gasteiger partial charge in [-0.05, 0) is 18.4 Å². The number of rotatable bonds is 5. The molecular weight excluding hydrogens is 262 g/mol. The third kappa shape index (κ3) is 2.68. The van der Waals surface area contributed by atoms with Crippen LogP contribution in [0.2, 0.25) is 0 Å². The van der Waals surface area contributed by atoms with Gasteiger partial charge in [0, 0.05) is 17.5 Å².